The normalized spacial score (nSPS) is 10.7. The summed E-state index contributed by atoms with van der Waals surface area (Å²) in [6, 6.07) is 16.2. The van der Waals surface area contributed by atoms with Crippen molar-refractivity contribution in [1.29, 1.82) is 0 Å². The van der Waals surface area contributed by atoms with Crippen molar-refractivity contribution in [1.82, 2.24) is 4.90 Å². The number of methoxy groups -OCH3 is 1. The Morgan fingerprint density at radius 2 is 1.87 bits per heavy atom. The number of ether oxygens (including phenoxy) is 1. The molecule has 0 aromatic heterocycles. The number of carboxylic acids is 1. The van der Waals surface area contributed by atoms with E-state index in [1.807, 2.05) is 42.2 Å². The second-order valence-electron chi connectivity index (χ2n) is 5.50. The first-order valence-electron chi connectivity index (χ1n) is 7.80. The number of hydrogen-bond donors (Lipinski definition) is 1. The summed E-state index contributed by atoms with van der Waals surface area (Å²) < 4.78 is 5.45. The first kappa shape index (κ1) is 17.0. The zero-order chi connectivity index (χ0) is 16.7. The number of rotatable bonds is 8. The minimum Gasteiger partial charge on any atom is -0.496 e. The van der Waals surface area contributed by atoms with Gasteiger partial charge in [0.1, 0.15) is 5.75 Å². The monoisotopic (exact) mass is 313 g/mol. The fourth-order valence-corrected chi connectivity index (χ4v) is 2.67. The molecule has 2 aromatic carbocycles. The van der Waals surface area contributed by atoms with E-state index in [2.05, 4.69) is 18.2 Å². The zero-order valence-corrected chi connectivity index (χ0v) is 13.7. The van der Waals surface area contributed by atoms with Gasteiger partial charge < -0.3 is 9.84 Å². The Hall–Kier alpha value is -2.33. The number of carboxylic acid groups (broad SMARTS) is 1. The summed E-state index contributed by atoms with van der Waals surface area (Å²) in [7, 11) is 1.64. The Morgan fingerprint density at radius 3 is 2.48 bits per heavy atom. The average molecular weight is 313 g/mol. The van der Waals surface area contributed by atoms with Crippen molar-refractivity contribution in [3.05, 3.63) is 54.1 Å². The van der Waals surface area contributed by atoms with Crippen LogP contribution in [0, 0.1) is 0 Å². The van der Waals surface area contributed by atoms with Crippen molar-refractivity contribution < 1.29 is 14.6 Å². The highest BCUT2D eigenvalue weighted by Gasteiger charge is 2.13. The molecular formula is C19H23NO3. The lowest BCUT2D eigenvalue weighted by Gasteiger charge is -2.21. The molecule has 0 saturated carbocycles. The molecule has 2 aromatic rings. The maximum atomic E-state index is 11.0. The molecule has 0 fully saturated rings. The maximum absolute atomic E-state index is 11.0. The third kappa shape index (κ3) is 4.83. The lowest BCUT2D eigenvalue weighted by Crippen LogP contribution is -2.30. The lowest BCUT2D eigenvalue weighted by molar-refractivity contribution is -0.138. The minimum absolute atomic E-state index is 0.0343. The number of benzene rings is 2. The maximum Gasteiger partial charge on any atom is 0.317 e. The molecule has 4 nitrogen and oxygen atoms in total. The molecule has 0 radical (unpaired) electrons. The summed E-state index contributed by atoms with van der Waals surface area (Å²) in [6.45, 7) is 3.38. The molecule has 0 aliphatic rings. The lowest BCUT2D eigenvalue weighted by atomic mass is 10.0. The van der Waals surface area contributed by atoms with Gasteiger partial charge in [0.05, 0.1) is 13.7 Å². The Morgan fingerprint density at radius 1 is 1.13 bits per heavy atom. The van der Waals surface area contributed by atoms with Crippen LogP contribution in [-0.4, -0.2) is 36.2 Å². The quantitative estimate of drug-likeness (QED) is 0.808. The second-order valence-corrected chi connectivity index (χ2v) is 5.50. The van der Waals surface area contributed by atoms with Crippen LogP contribution in [-0.2, 0) is 11.3 Å². The molecule has 0 unspecified atom stereocenters. The standard InChI is InChI=1S/C19H23NO3/c1-3-11-20(14-19(21)22)13-17-12-16(9-10-18(17)23-2)15-7-5-4-6-8-15/h4-10,12H,3,11,13-14H2,1-2H3,(H,21,22). The molecule has 0 saturated heterocycles. The van der Waals surface area contributed by atoms with E-state index >= 15 is 0 Å². The zero-order valence-electron chi connectivity index (χ0n) is 13.7. The highest BCUT2D eigenvalue weighted by molar-refractivity contribution is 5.69. The van der Waals surface area contributed by atoms with Crippen LogP contribution in [0.1, 0.15) is 18.9 Å². The summed E-state index contributed by atoms with van der Waals surface area (Å²) >= 11 is 0. The van der Waals surface area contributed by atoms with E-state index in [1.165, 1.54) is 0 Å². The van der Waals surface area contributed by atoms with Crippen molar-refractivity contribution >= 4 is 5.97 Å². The molecule has 1 N–H and O–H groups in total. The molecular weight excluding hydrogens is 290 g/mol. The van der Waals surface area contributed by atoms with Crippen LogP contribution in [0.3, 0.4) is 0 Å². The predicted octanol–water partition coefficient (Wildman–Crippen LogP) is 3.66. The van der Waals surface area contributed by atoms with Gasteiger partial charge in [-0.25, -0.2) is 0 Å². The van der Waals surface area contributed by atoms with Crippen molar-refractivity contribution in [2.24, 2.45) is 0 Å². The van der Waals surface area contributed by atoms with Crippen LogP contribution in [0.2, 0.25) is 0 Å². The highest BCUT2D eigenvalue weighted by Crippen LogP contribution is 2.27. The largest absolute Gasteiger partial charge is 0.496 e. The number of carbonyl (C=O) groups is 1. The molecule has 0 aliphatic carbocycles. The Bertz CT molecular complexity index is 640. The number of nitrogens with zero attached hydrogens (tertiary/aromatic N) is 1. The van der Waals surface area contributed by atoms with E-state index in [-0.39, 0.29) is 6.54 Å². The van der Waals surface area contributed by atoms with Gasteiger partial charge in [-0.15, -0.1) is 0 Å². The van der Waals surface area contributed by atoms with Crippen LogP contribution < -0.4 is 4.74 Å². The van der Waals surface area contributed by atoms with Crippen LogP contribution in [0.4, 0.5) is 0 Å². The first-order valence-corrected chi connectivity index (χ1v) is 7.80. The van der Waals surface area contributed by atoms with Crippen LogP contribution >= 0.6 is 0 Å². The van der Waals surface area contributed by atoms with Gasteiger partial charge >= 0.3 is 5.97 Å². The van der Waals surface area contributed by atoms with Crippen LogP contribution in [0.5, 0.6) is 5.75 Å². The van der Waals surface area contributed by atoms with E-state index in [9.17, 15) is 4.79 Å². The van der Waals surface area contributed by atoms with Gasteiger partial charge in [-0.3, -0.25) is 9.69 Å². The van der Waals surface area contributed by atoms with E-state index < -0.39 is 5.97 Å². The Balaban J connectivity index is 2.29. The van der Waals surface area contributed by atoms with Crippen LogP contribution in [0.15, 0.2) is 48.5 Å². The molecule has 4 heteroatoms. The molecule has 2 rings (SSSR count). The Labute approximate surface area is 137 Å². The van der Waals surface area contributed by atoms with Gasteiger partial charge in [0.2, 0.25) is 0 Å². The molecule has 0 heterocycles. The topological polar surface area (TPSA) is 49.8 Å². The van der Waals surface area contributed by atoms with Crippen molar-refractivity contribution in [2.45, 2.75) is 19.9 Å². The van der Waals surface area contributed by atoms with Gasteiger partial charge in [0.15, 0.2) is 0 Å². The summed E-state index contributed by atoms with van der Waals surface area (Å²) in [4.78, 5) is 13.0. The van der Waals surface area contributed by atoms with E-state index in [4.69, 9.17) is 9.84 Å². The fraction of sp³-hybridized carbons (Fsp3) is 0.316. The molecule has 0 spiro atoms. The van der Waals surface area contributed by atoms with Crippen molar-refractivity contribution in [2.75, 3.05) is 20.2 Å². The Kier molecular flexibility index (Phi) is 6.18. The predicted molar refractivity (Wildman–Crippen MR) is 91.6 cm³/mol. The first-order chi connectivity index (χ1) is 11.1. The summed E-state index contributed by atoms with van der Waals surface area (Å²) in [5, 5.41) is 9.07. The summed E-state index contributed by atoms with van der Waals surface area (Å²) in [5.41, 5.74) is 3.24. The molecule has 0 bridgehead atoms. The highest BCUT2D eigenvalue weighted by atomic mass is 16.5. The van der Waals surface area contributed by atoms with E-state index in [1.54, 1.807) is 7.11 Å². The number of aliphatic carboxylic acids is 1. The molecule has 0 aliphatic heterocycles. The SMILES string of the molecule is CCCN(CC(=O)O)Cc1cc(-c2ccccc2)ccc1OC. The van der Waals surface area contributed by atoms with Gasteiger partial charge in [-0.1, -0.05) is 43.3 Å². The molecule has 0 amide bonds. The van der Waals surface area contributed by atoms with Gasteiger partial charge in [-0.2, -0.15) is 0 Å². The van der Waals surface area contributed by atoms with Crippen molar-refractivity contribution in [3.63, 3.8) is 0 Å². The number of hydrogen-bond acceptors (Lipinski definition) is 3. The smallest absolute Gasteiger partial charge is 0.317 e. The third-order valence-electron chi connectivity index (χ3n) is 3.68. The van der Waals surface area contributed by atoms with Crippen molar-refractivity contribution in [3.8, 4) is 16.9 Å². The summed E-state index contributed by atoms with van der Waals surface area (Å²) in [5.74, 6) is -0.0206. The van der Waals surface area contributed by atoms with Crippen LogP contribution in [0.25, 0.3) is 11.1 Å². The van der Waals surface area contributed by atoms with Gasteiger partial charge in [0, 0.05) is 12.1 Å². The average Bonchev–Trinajstić information content (AvgIpc) is 2.55. The van der Waals surface area contributed by atoms with E-state index in [0.29, 0.717) is 6.54 Å². The minimum atomic E-state index is -0.809. The van der Waals surface area contributed by atoms with Gasteiger partial charge in [0.25, 0.3) is 0 Å². The van der Waals surface area contributed by atoms with E-state index in [0.717, 1.165) is 35.4 Å². The summed E-state index contributed by atoms with van der Waals surface area (Å²) in [6.07, 6.45) is 0.911. The molecule has 122 valence electrons. The second kappa shape index (κ2) is 8.34. The molecule has 0 atom stereocenters. The fourth-order valence-electron chi connectivity index (χ4n) is 2.67. The molecule has 23 heavy (non-hydrogen) atoms. The van der Waals surface area contributed by atoms with Gasteiger partial charge in [-0.05, 0) is 36.2 Å². The third-order valence-corrected chi connectivity index (χ3v) is 3.68.